The van der Waals surface area contributed by atoms with E-state index >= 15 is 0 Å². The minimum absolute atomic E-state index is 0.0179. The van der Waals surface area contributed by atoms with E-state index in [2.05, 4.69) is 10.6 Å². The molecule has 3 unspecified atom stereocenters. The van der Waals surface area contributed by atoms with Crippen molar-refractivity contribution in [3.63, 3.8) is 0 Å². The predicted octanol–water partition coefficient (Wildman–Crippen LogP) is 5.08. The molecule has 0 aromatic heterocycles. The first kappa shape index (κ1) is 39.5. The van der Waals surface area contributed by atoms with Crippen LogP contribution in [-0.2, 0) is 36.7 Å². The number of phenolic OH excluding ortho intramolecular Hbond substituents is 1. The molecule has 0 fully saturated rings. The maximum Gasteiger partial charge on any atom is 0.408 e. The van der Waals surface area contributed by atoms with Gasteiger partial charge in [0.05, 0.1) is 6.61 Å². The van der Waals surface area contributed by atoms with Crippen LogP contribution in [-0.4, -0.2) is 75.4 Å². The lowest BCUT2D eigenvalue weighted by Gasteiger charge is -2.36. The number of ether oxygens (including phenoxy) is 2. The minimum atomic E-state index is -1.32. The van der Waals surface area contributed by atoms with E-state index in [0.29, 0.717) is 22.3 Å². The van der Waals surface area contributed by atoms with E-state index in [1.807, 2.05) is 62.4 Å². The van der Waals surface area contributed by atoms with Crippen molar-refractivity contribution < 1.29 is 38.9 Å². The topological polar surface area (TPSA) is 154 Å². The van der Waals surface area contributed by atoms with Crippen molar-refractivity contribution in [3.8, 4) is 5.75 Å². The Morgan fingerprint density at radius 2 is 1.26 bits per heavy atom. The summed E-state index contributed by atoms with van der Waals surface area (Å²) in [5, 5.41) is 25.7. The number of esters is 1. The quantitative estimate of drug-likeness (QED) is 0.181. The van der Waals surface area contributed by atoms with E-state index in [0.717, 1.165) is 5.56 Å². The van der Waals surface area contributed by atoms with Gasteiger partial charge in [-0.15, -0.1) is 0 Å². The number of carbonyl (C=O) groups is 4. The number of aryl methyl sites for hydroxylation is 2. The second-order valence-corrected chi connectivity index (χ2v) is 14.3. The third-order valence-electron chi connectivity index (χ3n) is 7.66. The van der Waals surface area contributed by atoms with Crippen molar-refractivity contribution in [2.45, 2.75) is 97.6 Å². The van der Waals surface area contributed by atoms with Crippen molar-refractivity contribution in [2.75, 3.05) is 13.2 Å². The van der Waals surface area contributed by atoms with Gasteiger partial charge >= 0.3 is 12.1 Å². The average Bonchev–Trinajstić information content (AvgIpc) is 3.01. The van der Waals surface area contributed by atoms with Crippen LogP contribution in [0.2, 0.25) is 0 Å². The van der Waals surface area contributed by atoms with E-state index in [1.54, 1.807) is 53.7 Å². The maximum absolute atomic E-state index is 14.7. The van der Waals surface area contributed by atoms with E-state index in [9.17, 15) is 29.4 Å². The molecule has 4 N–H and O–H groups in total. The van der Waals surface area contributed by atoms with E-state index in [-0.39, 0.29) is 25.1 Å². The standard InChI is InChI=1S/C39H51N3O8/c1-25-13-12-14-26(2)32(25)33(34(45)40-31(36(47)49-38(3,4)5)24-27-15-10-9-11-16-27)42(21-22-43)35(46)30(41-37(48)50-39(6,7)8)23-28-17-19-29(44)20-18-28/h9-20,30-31,33,43-44H,21-24H2,1-8H3,(H,40,45)(H,41,48). The van der Waals surface area contributed by atoms with Crippen LogP contribution >= 0.6 is 0 Å². The summed E-state index contributed by atoms with van der Waals surface area (Å²) >= 11 is 0. The Bertz CT molecular complexity index is 1590. The third-order valence-corrected chi connectivity index (χ3v) is 7.66. The molecule has 0 saturated carbocycles. The Labute approximate surface area is 295 Å². The lowest BCUT2D eigenvalue weighted by Crippen LogP contribution is -2.56. The first-order valence-electron chi connectivity index (χ1n) is 16.7. The Hall–Kier alpha value is -4.90. The number of hydrogen-bond donors (Lipinski definition) is 4. The molecule has 11 heteroatoms. The van der Waals surface area contributed by atoms with Crippen molar-refractivity contribution in [1.29, 1.82) is 0 Å². The van der Waals surface area contributed by atoms with Crippen LogP contribution in [0.15, 0.2) is 72.8 Å². The molecular formula is C39H51N3O8. The lowest BCUT2D eigenvalue weighted by atomic mass is 9.92. The molecule has 0 saturated heterocycles. The van der Waals surface area contributed by atoms with Gasteiger partial charge in [-0.05, 0) is 95.3 Å². The molecule has 0 heterocycles. The second kappa shape index (κ2) is 17.2. The van der Waals surface area contributed by atoms with Crippen LogP contribution in [0.1, 0.15) is 75.4 Å². The molecule has 3 atom stereocenters. The summed E-state index contributed by atoms with van der Waals surface area (Å²) in [7, 11) is 0. The first-order chi connectivity index (χ1) is 23.4. The molecule has 0 aliphatic heterocycles. The fraction of sp³-hybridized carbons (Fsp3) is 0.436. The highest BCUT2D eigenvalue weighted by molar-refractivity contribution is 5.94. The fourth-order valence-corrected chi connectivity index (χ4v) is 5.55. The summed E-state index contributed by atoms with van der Waals surface area (Å²) in [6.07, 6.45) is -0.742. The number of carbonyl (C=O) groups excluding carboxylic acids is 4. The van der Waals surface area contributed by atoms with Crippen LogP contribution in [0.4, 0.5) is 4.79 Å². The van der Waals surface area contributed by atoms with Crippen LogP contribution in [0.3, 0.4) is 0 Å². The zero-order chi connectivity index (χ0) is 37.2. The summed E-state index contributed by atoms with van der Waals surface area (Å²) in [6, 6.07) is 17.1. The highest BCUT2D eigenvalue weighted by Gasteiger charge is 2.39. The molecule has 0 radical (unpaired) electrons. The number of nitrogens with zero attached hydrogens (tertiary/aromatic N) is 1. The first-order valence-corrected chi connectivity index (χ1v) is 16.7. The van der Waals surface area contributed by atoms with Gasteiger partial charge in [-0.1, -0.05) is 60.7 Å². The number of hydrogen-bond acceptors (Lipinski definition) is 8. The Morgan fingerprint density at radius 3 is 1.80 bits per heavy atom. The Kier molecular flexibility index (Phi) is 13.6. The number of aromatic hydroxyl groups is 1. The van der Waals surface area contributed by atoms with Crippen molar-refractivity contribution in [2.24, 2.45) is 0 Å². The summed E-state index contributed by atoms with van der Waals surface area (Å²) in [5.41, 5.74) is 1.61. The highest BCUT2D eigenvalue weighted by Crippen LogP contribution is 2.29. The van der Waals surface area contributed by atoms with E-state index < -0.39 is 59.8 Å². The number of phenols is 1. The number of aliphatic hydroxyl groups is 1. The second-order valence-electron chi connectivity index (χ2n) is 14.3. The predicted molar refractivity (Wildman–Crippen MR) is 190 cm³/mol. The summed E-state index contributed by atoms with van der Waals surface area (Å²) in [5.74, 6) is -1.96. The molecular weight excluding hydrogens is 638 g/mol. The normalized spacial score (nSPS) is 13.4. The molecule has 0 aliphatic rings. The Morgan fingerprint density at radius 1 is 0.720 bits per heavy atom. The molecule has 0 aliphatic carbocycles. The smallest absolute Gasteiger partial charge is 0.408 e. The van der Waals surface area contributed by atoms with Crippen molar-refractivity contribution >= 4 is 23.9 Å². The Balaban J connectivity index is 2.13. The molecule has 0 bridgehead atoms. The van der Waals surface area contributed by atoms with Gasteiger partial charge in [0.2, 0.25) is 11.8 Å². The SMILES string of the molecule is Cc1cccc(C)c1C(C(=O)NC(Cc1ccccc1)C(=O)OC(C)(C)C)N(CCO)C(=O)C(Cc1ccc(O)cc1)NC(=O)OC(C)(C)C. The van der Waals surface area contributed by atoms with E-state index in [4.69, 9.17) is 9.47 Å². The number of alkyl carbamates (subject to hydrolysis) is 1. The van der Waals surface area contributed by atoms with Crippen LogP contribution < -0.4 is 10.6 Å². The number of aliphatic hydroxyl groups excluding tert-OH is 1. The molecule has 3 amide bonds. The average molecular weight is 690 g/mol. The number of benzene rings is 3. The molecule has 11 nitrogen and oxygen atoms in total. The van der Waals surface area contributed by atoms with Gasteiger partial charge in [0.25, 0.3) is 0 Å². The van der Waals surface area contributed by atoms with Gasteiger partial charge in [0.1, 0.15) is 35.1 Å². The van der Waals surface area contributed by atoms with Crippen molar-refractivity contribution in [3.05, 3.63) is 101 Å². The minimum Gasteiger partial charge on any atom is -0.508 e. The molecule has 3 aromatic rings. The monoisotopic (exact) mass is 689 g/mol. The molecule has 0 spiro atoms. The van der Waals surface area contributed by atoms with E-state index in [1.165, 1.54) is 17.0 Å². The van der Waals surface area contributed by atoms with Crippen LogP contribution in [0.5, 0.6) is 5.75 Å². The van der Waals surface area contributed by atoms with Crippen molar-refractivity contribution in [1.82, 2.24) is 15.5 Å². The highest BCUT2D eigenvalue weighted by atomic mass is 16.6. The third kappa shape index (κ3) is 11.9. The summed E-state index contributed by atoms with van der Waals surface area (Å²) < 4.78 is 11.2. The van der Waals surface area contributed by atoms with Crippen LogP contribution in [0, 0.1) is 13.8 Å². The maximum atomic E-state index is 14.7. The molecule has 270 valence electrons. The van der Waals surface area contributed by atoms with Gasteiger partial charge in [0.15, 0.2) is 0 Å². The van der Waals surface area contributed by atoms with Gasteiger partial charge in [-0.3, -0.25) is 9.59 Å². The number of rotatable bonds is 13. The molecule has 3 aromatic carbocycles. The van der Waals surface area contributed by atoms with Crippen LogP contribution in [0.25, 0.3) is 0 Å². The van der Waals surface area contributed by atoms with Gasteiger partial charge < -0.3 is 35.2 Å². The van der Waals surface area contributed by atoms with Gasteiger partial charge in [0, 0.05) is 19.4 Å². The number of nitrogens with one attached hydrogen (secondary N) is 2. The summed E-state index contributed by atoms with van der Waals surface area (Å²) in [4.78, 5) is 57.1. The van der Waals surface area contributed by atoms with Gasteiger partial charge in [-0.25, -0.2) is 9.59 Å². The summed E-state index contributed by atoms with van der Waals surface area (Å²) in [6.45, 7) is 13.1. The molecule has 50 heavy (non-hydrogen) atoms. The largest absolute Gasteiger partial charge is 0.508 e. The zero-order valence-electron chi connectivity index (χ0n) is 30.3. The molecule has 3 rings (SSSR count). The van der Waals surface area contributed by atoms with Gasteiger partial charge in [-0.2, -0.15) is 0 Å². The fourth-order valence-electron chi connectivity index (χ4n) is 5.55. The zero-order valence-corrected chi connectivity index (χ0v) is 30.3. The number of amides is 3. The lowest BCUT2D eigenvalue weighted by molar-refractivity contribution is -0.159.